The van der Waals surface area contributed by atoms with Crippen LogP contribution in [-0.2, 0) is 4.79 Å². The van der Waals surface area contributed by atoms with Crippen LogP contribution in [0, 0.1) is 5.41 Å². The van der Waals surface area contributed by atoms with Crippen LogP contribution in [0.3, 0.4) is 0 Å². The van der Waals surface area contributed by atoms with Gasteiger partial charge in [0.2, 0.25) is 0 Å². The maximum Gasteiger partial charge on any atom is 0.165 e. The molecule has 0 aromatic heterocycles. The van der Waals surface area contributed by atoms with Gasteiger partial charge in [0.15, 0.2) is 5.78 Å². The summed E-state index contributed by atoms with van der Waals surface area (Å²) in [6.07, 6.45) is 2.52. The van der Waals surface area contributed by atoms with Gasteiger partial charge in [-0.2, -0.15) is 0 Å². The van der Waals surface area contributed by atoms with Crippen LogP contribution in [0.4, 0.5) is 0 Å². The van der Waals surface area contributed by atoms with Gasteiger partial charge in [0.25, 0.3) is 0 Å². The van der Waals surface area contributed by atoms with Crippen LogP contribution >= 0.6 is 0 Å². The summed E-state index contributed by atoms with van der Waals surface area (Å²) >= 11 is 0. The van der Waals surface area contributed by atoms with E-state index >= 15 is 0 Å². The highest BCUT2D eigenvalue weighted by molar-refractivity contribution is 5.90. The molecule has 13 heavy (non-hydrogen) atoms. The van der Waals surface area contributed by atoms with Gasteiger partial charge in [-0.1, -0.05) is 6.92 Å². The third-order valence-corrected chi connectivity index (χ3v) is 4.03. The maximum atomic E-state index is 11.5. The van der Waals surface area contributed by atoms with E-state index in [9.17, 15) is 15.0 Å². The third kappa shape index (κ3) is 0.945. The number of aliphatic hydroxyl groups is 2. The van der Waals surface area contributed by atoms with Crippen molar-refractivity contribution in [3.8, 4) is 0 Å². The molecule has 0 aliphatic heterocycles. The molecule has 3 heteroatoms. The number of ketones is 1. The molecule has 3 atom stereocenters. The molecule has 0 radical (unpaired) electrons. The first kappa shape index (κ1) is 9.16. The van der Waals surface area contributed by atoms with Crippen molar-refractivity contribution < 1.29 is 15.0 Å². The lowest BCUT2D eigenvalue weighted by Gasteiger charge is -2.45. The van der Waals surface area contributed by atoms with Crippen molar-refractivity contribution in [2.75, 3.05) is 0 Å². The summed E-state index contributed by atoms with van der Waals surface area (Å²) in [5.74, 6) is -0.0752. The van der Waals surface area contributed by atoms with E-state index in [-0.39, 0.29) is 5.78 Å². The first-order valence-corrected chi connectivity index (χ1v) is 4.94. The number of hydrogen-bond donors (Lipinski definition) is 2. The summed E-state index contributed by atoms with van der Waals surface area (Å²) in [6, 6.07) is 0. The van der Waals surface area contributed by atoms with Crippen molar-refractivity contribution in [3.05, 3.63) is 0 Å². The molecule has 2 fully saturated rings. The molecule has 2 aliphatic rings. The Morgan fingerprint density at radius 2 is 2.15 bits per heavy atom. The molecule has 2 saturated carbocycles. The summed E-state index contributed by atoms with van der Waals surface area (Å²) in [7, 11) is 0. The monoisotopic (exact) mass is 184 g/mol. The highest BCUT2D eigenvalue weighted by Crippen LogP contribution is 2.52. The van der Waals surface area contributed by atoms with E-state index in [1.54, 1.807) is 0 Å². The van der Waals surface area contributed by atoms with E-state index < -0.39 is 17.1 Å². The molecule has 0 bridgehead atoms. The lowest BCUT2D eigenvalue weighted by Crippen LogP contribution is -2.55. The predicted molar refractivity (Wildman–Crippen MR) is 47.2 cm³/mol. The molecule has 0 saturated heterocycles. The highest BCUT2D eigenvalue weighted by atomic mass is 16.3. The zero-order valence-electron chi connectivity index (χ0n) is 7.92. The van der Waals surface area contributed by atoms with E-state index in [1.807, 2.05) is 6.92 Å². The van der Waals surface area contributed by atoms with Gasteiger partial charge in [0.1, 0.15) is 5.60 Å². The summed E-state index contributed by atoms with van der Waals surface area (Å²) in [4.78, 5) is 11.5. The normalized spacial score (nSPS) is 50.7. The molecule has 0 unspecified atom stereocenters. The standard InChI is InChI=1S/C10H16O3/c1-9-6-4-8(12)10(9,13)5-2-3-7(9)11/h7,11,13H,2-6H2,1H3/t7-,9+,10-/m0/s1. The maximum absolute atomic E-state index is 11.5. The zero-order chi connectivity index (χ0) is 9.69. The van der Waals surface area contributed by atoms with Crippen LogP contribution in [0.15, 0.2) is 0 Å². The largest absolute Gasteiger partial charge is 0.392 e. The lowest BCUT2D eigenvalue weighted by molar-refractivity contribution is -0.165. The number of Topliss-reactive ketones (excluding diaryl/α,β-unsaturated/α-hetero) is 1. The Labute approximate surface area is 77.8 Å². The fraction of sp³-hybridized carbons (Fsp3) is 0.900. The van der Waals surface area contributed by atoms with Gasteiger partial charge in [0.05, 0.1) is 6.10 Å². The molecular formula is C10H16O3. The number of rotatable bonds is 0. The summed E-state index contributed by atoms with van der Waals surface area (Å²) in [5, 5.41) is 20.0. The summed E-state index contributed by atoms with van der Waals surface area (Å²) in [5.41, 5.74) is -1.81. The summed E-state index contributed by atoms with van der Waals surface area (Å²) in [6.45, 7) is 1.84. The van der Waals surface area contributed by atoms with Crippen molar-refractivity contribution >= 4 is 5.78 Å². The quantitative estimate of drug-likeness (QED) is 0.580. The summed E-state index contributed by atoms with van der Waals surface area (Å²) < 4.78 is 0. The fourth-order valence-corrected chi connectivity index (χ4v) is 2.84. The van der Waals surface area contributed by atoms with Crippen LogP contribution in [0.2, 0.25) is 0 Å². The Hall–Kier alpha value is -0.410. The molecule has 2 rings (SSSR count). The van der Waals surface area contributed by atoms with Crippen molar-refractivity contribution in [2.24, 2.45) is 5.41 Å². The lowest BCUT2D eigenvalue weighted by atomic mass is 9.64. The first-order valence-electron chi connectivity index (χ1n) is 4.94. The Morgan fingerprint density at radius 1 is 1.46 bits per heavy atom. The fourth-order valence-electron chi connectivity index (χ4n) is 2.84. The minimum absolute atomic E-state index is 0.0752. The van der Waals surface area contributed by atoms with Gasteiger partial charge in [-0.3, -0.25) is 4.79 Å². The predicted octanol–water partition coefficient (Wildman–Crippen LogP) is 0.631. The molecule has 0 amide bonds. The second-order valence-corrected chi connectivity index (χ2v) is 4.61. The Balaban J connectivity index is 2.40. The van der Waals surface area contributed by atoms with Gasteiger partial charge in [-0.25, -0.2) is 0 Å². The second-order valence-electron chi connectivity index (χ2n) is 4.61. The average Bonchev–Trinajstić information content (AvgIpc) is 2.31. The van der Waals surface area contributed by atoms with Crippen LogP contribution < -0.4 is 0 Å². The van der Waals surface area contributed by atoms with E-state index in [1.165, 1.54) is 0 Å². The number of hydrogen-bond acceptors (Lipinski definition) is 3. The Bertz CT molecular complexity index is 251. The topological polar surface area (TPSA) is 57.5 Å². The highest BCUT2D eigenvalue weighted by Gasteiger charge is 2.61. The molecule has 0 aromatic carbocycles. The minimum Gasteiger partial charge on any atom is -0.392 e. The Morgan fingerprint density at radius 3 is 2.77 bits per heavy atom. The van der Waals surface area contributed by atoms with E-state index in [0.717, 1.165) is 6.42 Å². The molecule has 0 spiro atoms. The van der Waals surface area contributed by atoms with Crippen molar-refractivity contribution in [2.45, 2.75) is 50.7 Å². The third-order valence-electron chi connectivity index (χ3n) is 4.03. The molecule has 2 N–H and O–H groups in total. The molecule has 74 valence electrons. The average molecular weight is 184 g/mol. The molecule has 0 aromatic rings. The van der Waals surface area contributed by atoms with Crippen LogP contribution in [0.5, 0.6) is 0 Å². The van der Waals surface area contributed by atoms with E-state index in [4.69, 9.17) is 0 Å². The first-order chi connectivity index (χ1) is 6.01. The molecule has 2 aliphatic carbocycles. The van der Waals surface area contributed by atoms with Crippen LogP contribution in [-0.4, -0.2) is 27.7 Å². The van der Waals surface area contributed by atoms with Gasteiger partial charge in [0, 0.05) is 11.8 Å². The van der Waals surface area contributed by atoms with Gasteiger partial charge < -0.3 is 10.2 Å². The molecule has 3 nitrogen and oxygen atoms in total. The van der Waals surface area contributed by atoms with Gasteiger partial charge >= 0.3 is 0 Å². The number of carbonyl (C=O) groups excluding carboxylic acids is 1. The van der Waals surface area contributed by atoms with Gasteiger partial charge in [-0.15, -0.1) is 0 Å². The SMILES string of the molecule is C[C@]12CCC(=O)[C@@]1(O)CCC[C@@H]2O. The second kappa shape index (κ2) is 2.55. The zero-order valence-corrected chi connectivity index (χ0v) is 7.92. The number of carbonyl (C=O) groups is 1. The minimum atomic E-state index is -1.23. The van der Waals surface area contributed by atoms with Crippen molar-refractivity contribution in [1.29, 1.82) is 0 Å². The van der Waals surface area contributed by atoms with Gasteiger partial charge in [-0.05, 0) is 25.7 Å². The van der Waals surface area contributed by atoms with Crippen LogP contribution in [0.25, 0.3) is 0 Å². The Kier molecular flexibility index (Phi) is 1.79. The van der Waals surface area contributed by atoms with Crippen molar-refractivity contribution in [1.82, 2.24) is 0 Å². The van der Waals surface area contributed by atoms with Crippen LogP contribution in [0.1, 0.15) is 39.0 Å². The molecular weight excluding hydrogens is 168 g/mol. The van der Waals surface area contributed by atoms with E-state index in [0.29, 0.717) is 25.7 Å². The molecule has 0 heterocycles. The number of fused-ring (bicyclic) bond motifs is 1. The van der Waals surface area contributed by atoms with E-state index in [2.05, 4.69) is 0 Å². The smallest absolute Gasteiger partial charge is 0.165 e. The number of aliphatic hydroxyl groups excluding tert-OH is 1. The van der Waals surface area contributed by atoms with Crippen molar-refractivity contribution in [3.63, 3.8) is 0 Å².